The van der Waals surface area contributed by atoms with E-state index < -0.39 is 74.4 Å². The van der Waals surface area contributed by atoms with Crippen LogP contribution in [-0.2, 0) is 39.4 Å². The number of hydrogen-bond acceptors (Lipinski definition) is 20. The number of carbonyl (C=O) groups is 4. The number of ether oxygens (including phenoxy) is 2. The van der Waals surface area contributed by atoms with Crippen LogP contribution >= 0.6 is 0 Å². The number of anilines is 2. The molecule has 4 aromatic carbocycles. The molecule has 0 aliphatic rings. The topological polar surface area (TPSA) is 361 Å². The number of hydrogen-bond donors (Lipinski definition) is 2. The van der Waals surface area contributed by atoms with Crippen LogP contribution in [-0.4, -0.2) is 122 Å². The first kappa shape index (κ1) is 51.3. The van der Waals surface area contributed by atoms with Gasteiger partial charge in [0.1, 0.15) is 54.7 Å². The van der Waals surface area contributed by atoms with E-state index in [9.17, 15) is 65.3 Å². The molecule has 4 aromatic rings. The van der Waals surface area contributed by atoms with Gasteiger partial charge < -0.3 is 29.2 Å². The fourth-order valence-electron chi connectivity index (χ4n) is 4.63. The molecule has 0 unspecified atom stereocenters. The molecule has 316 valence electrons. The van der Waals surface area contributed by atoms with Crippen LogP contribution in [0.15, 0.2) is 103 Å². The number of benzene rings is 4. The maximum Gasteiger partial charge on any atom is 2.00 e. The van der Waals surface area contributed by atoms with E-state index in [-0.39, 0.29) is 108 Å². The summed E-state index contributed by atoms with van der Waals surface area (Å²) in [5.74, 6) is -1.68. The van der Waals surface area contributed by atoms with Gasteiger partial charge in [0.15, 0.2) is 11.4 Å². The summed E-state index contributed by atoms with van der Waals surface area (Å²) < 4.78 is 79.2. The minimum absolute atomic E-state index is 0. The molecule has 24 nitrogen and oxygen atoms in total. The Morgan fingerprint density at radius 1 is 0.607 bits per heavy atom. The van der Waals surface area contributed by atoms with Gasteiger partial charge in [-0.15, -0.1) is 20.5 Å². The summed E-state index contributed by atoms with van der Waals surface area (Å²) in [6, 6.07) is 13.9. The normalized spacial score (nSPS) is 11.1. The van der Waals surface area contributed by atoms with Gasteiger partial charge in [-0.05, 0) is 50.2 Å². The number of amides is 2. The third-order valence-electron chi connectivity index (χ3n) is 7.17. The number of azo groups is 2. The predicted octanol–water partition coefficient (Wildman–Crippen LogP) is 5.30. The summed E-state index contributed by atoms with van der Waals surface area (Å²) in [4.78, 5) is 64.1. The average Bonchev–Trinajstić information content (AvgIpc) is 3.15. The SMILES string of the molecule is COc1cccc(NC(=O)CC(C)=O)c1N=Nc1ccc([N+](=O)[O-])cc1S(=O)(=O)[O-].COc1cccc(NC(=O)CC(C)=O)c1N=Nc1ccc([N+](=O)[O-])cc1S(=O)(=O)[O-].[Ba+2]. The minimum Gasteiger partial charge on any atom is -0.744 e. The van der Waals surface area contributed by atoms with Gasteiger partial charge in [0.2, 0.25) is 11.8 Å². The first-order chi connectivity index (χ1) is 28.0. The quantitative estimate of drug-likeness (QED) is 0.0359. The van der Waals surface area contributed by atoms with Crippen molar-refractivity contribution in [1.29, 1.82) is 0 Å². The molecule has 27 heteroatoms. The average molecular weight is 1010 g/mol. The smallest absolute Gasteiger partial charge is 0.744 e. The van der Waals surface area contributed by atoms with E-state index in [4.69, 9.17) is 9.47 Å². The molecule has 0 aliphatic heterocycles. The molecule has 0 radical (unpaired) electrons. The van der Waals surface area contributed by atoms with Crippen molar-refractivity contribution in [2.24, 2.45) is 20.5 Å². The number of nitrogens with one attached hydrogen (secondary N) is 2. The number of rotatable bonds is 16. The van der Waals surface area contributed by atoms with Gasteiger partial charge in [0.05, 0.1) is 58.1 Å². The number of nitro groups is 2. The fraction of sp³-hybridized carbons (Fsp3) is 0.176. The molecule has 0 bridgehead atoms. The van der Waals surface area contributed by atoms with Crippen molar-refractivity contribution in [3.63, 3.8) is 0 Å². The third-order valence-corrected chi connectivity index (χ3v) is 8.90. The maximum absolute atomic E-state index is 11.9. The Morgan fingerprint density at radius 2 is 0.951 bits per heavy atom. The largest absolute Gasteiger partial charge is 2.00 e. The second kappa shape index (κ2) is 22.7. The Labute approximate surface area is 385 Å². The van der Waals surface area contributed by atoms with Gasteiger partial charge >= 0.3 is 48.9 Å². The molecule has 0 heterocycles. The van der Waals surface area contributed by atoms with E-state index in [1.54, 1.807) is 0 Å². The number of carbonyl (C=O) groups excluding carboxylic acids is 4. The van der Waals surface area contributed by atoms with Crippen LogP contribution in [0.3, 0.4) is 0 Å². The second-order valence-corrected chi connectivity index (χ2v) is 14.4. The molecule has 61 heavy (non-hydrogen) atoms. The summed E-state index contributed by atoms with van der Waals surface area (Å²) in [7, 11) is -7.57. The maximum atomic E-state index is 11.9. The molecule has 0 aromatic heterocycles. The first-order valence-corrected chi connectivity index (χ1v) is 19.1. The summed E-state index contributed by atoms with van der Waals surface area (Å²) in [5.41, 5.74) is -1.94. The Balaban J connectivity index is 0.000000413. The van der Waals surface area contributed by atoms with Crippen LogP contribution in [0.4, 0.5) is 45.5 Å². The van der Waals surface area contributed by atoms with Crippen molar-refractivity contribution in [3.8, 4) is 11.5 Å². The van der Waals surface area contributed by atoms with Gasteiger partial charge in [-0.3, -0.25) is 39.4 Å². The molecular weight excluding hydrogens is 978 g/mol. The van der Waals surface area contributed by atoms with Crippen molar-refractivity contribution in [2.45, 2.75) is 36.5 Å². The molecule has 2 amide bonds. The van der Waals surface area contributed by atoms with Crippen LogP contribution in [0.5, 0.6) is 11.5 Å². The molecule has 0 atom stereocenters. The number of nitrogens with zero attached hydrogens (tertiary/aromatic N) is 6. The number of methoxy groups -OCH3 is 2. The summed E-state index contributed by atoms with van der Waals surface area (Å²) in [5, 5.41) is 41.7. The monoisotopic (exact) mass is 1010 g/mol. The van der Waals surface area contributed by atoms with Gasteiger partial charge in [0, 0.05) is 24.3 Å². The first-order valence-electron chi connectivity index (χ1n) is 16.3. The van der Waals surface area contributed by atoms with Gasteiger partial charge in [-0.2, -0.15) is 0 Å². The number of ketones is 2. The van der Waals surface area contributed by atoms with Gasteiger partial charge in [0.25, 0.3) is 11.4 Å². The number of Topliss-reactive ketones (excluding diaryl/α,β-unsaturated/α-hetero) is 2. The molecule has 2 N–H and O–H groups in total. The van der Waals surface area contributed by atoms with E-state index in [1.165, 1.54) is 64.5 Å². The van der Waals surface area contributed by atoms with E-state index in [1.807, 2.05) is 0 Å². The zero-order valence-electron chi connectivity index (χ0n) is 32.1. The Morgan fingerprint density at radius 3 is 1.23 bits per heavy atom. The summed E-state index contributed by atoms with van der Waals surface area (Å²) >= 11 is 0. The van der Waals surface area contributed by atoms with Crippen LogP contribution in [0.2, 0.25) is 0 Å². The van der Waals surface area contributed by atoms with Gasteiger partial charge in [-0.1, -0.05) is 12.1 Å². The van der Waals surface area contributed by atoms with E-state index in [2.05, 4.69) is 31.1 Å². The van der Waals surface area contributed by atoms with Crippen molar-refractivity contribution in [1.82, 2.24) is 0 Å². The molecule has 0 spiro atoms. The molecular formula is C34H30BaN8O16S2. The van der Waals surface area contributed by atoms with Crippen molar-refractivity contribution in [2.75, 3.05) is 24.9 Å². The fourth-order valence-corrected chi connectivity index (χ4v) is 5.89. The third kappa shape index (κ3) is 15.3. The Hall–Kier alpha value is -5.85. The van der Waals surface area contributed by atoms with Crippen molar-refractivity contribution < 1.29 is 64.4 Å². The minimum atomic E-state index is -5.10. The van der Waals surface area contributed by atoms with Crippen LogP contribution in [0, 0.1) is 20.2 Å². The Kier molecular flexibility index (Phi) is 19.1. The van der Waals surface area contributed by atoms with E-state index >= 15 is 0 Å². The molecule has 0 fully saturated rings. The van der Waals surface area contributed by atoms with Crippen LogP contribution in [0.1, 0.15) is 26.7 Å². The molecule has 4 rings (SSSR count). The van der Waals surface area contributed by atoms with E-state index in [0.29, 0.717) is 12.1 Å². The standard InChI is InChI=1S/2C17H16N4O8S.Ba/c2*1-10(22)8-16(23)18-13-4-3-5-14(29-2)17(13)20-19-12-7-6-11(21(24)25)9-15(12)30(26,27)28;/h2*3-7,9H,8H2,1-2H3,(H,18,23)(H,26,27,28);/q;;+2/p-2. The predicted molar refractivity (Wildman–Crippen MR) is 210 cm³/mol. The van der Waals surface area contributed by atoms with E-state index in [0.717, 1.165) is 24.3 Å². The molecule has 0 saturated heterocycles. The zero-order chi connectivity index (χ0) is 44.9. The van der Waals surface area contributed by atoms with Crippen LogP contribution < -0.4 is 20.1 Å². The van der Waals surface area contributed by atoms with Crippen LogP contribution in [0.25, 0.3) is 0 Å². The van der Waals surface area contributed by atoms with Crippen molar-refractivity contribution >= 4 is 138 Å². The molecule has 0 aliphatic carbocycles. The summed E-state index contributed by atoms with van der Waals surface area (Å²) in [6.45, 7) is 2.48. The second-order valence-electron chi connectivity index (χ2n) is 11.7. The Bertz CT molecular complexity index is 2480. The summed E-state index contributed by atoms with van der Waals surface area (Å²) in [6.07, 6.45) is -0.760. The number of nitro benzene ring substituents is 2. The number of non-ortho nitro benzene ring substituents is 2. The van der Waals surface area contributed by atoms with Crippen molar-refractivity contribution in [3.05, 3.63) is 93.0 Å². The molecule has 0 saturated carbocycles. The zero-order valence-corrected chi connectivity index (χ0v) is 38.2. The van der Waals surface area contributed by atoms with Gasteiger partial charge in [-0.25, -0.2) is 16.8 Å².